The van der Waals surface area contributed by atoms with Gasteiger partial charge in [0.05, 0.1) is 5.56 Å². The molecule has 1 atom stereocenters. The molecule has 0 radical (unpaired) electrons. The summed E-state index contributed by atoms with van der Waals surface area (Å²) in [5, 5.41) is 8.87. The normalized spacial score (nSPS) is 12.1. The number of carboxylic acids is 1. The molecule has 1 aromatic rings. The van der Waals surface area contributed by atoms with Gasteiger partial charge in [-0.15, -0.1) is 6.58 Å². The molecule has 0 fully saturated rings. The average molecular weight is 192 g/mol. The Balaban J connectivity index is 3.06. The van der Waals surface area contributed by atoms with E-state index in [0.29, 0.717) is 12.0 Å². The highest BCUT2D eigenvalue weighted by atomic mass is 16.4. The first-order valence-corrected chi connectivity index (χ1v) is 4.20. The van der Waals surface area contributed by atoms with Crippen LogP contribution in [0.2, 0.25) is 0 Å². The first-order chi connectivity index (χ1) is 6.66. The summed E-state index contributed by atoms with van der Waals surface area (Å²) in [6, 6.07) is 1.09. The van der Waals surface area contributed by atoms with Crippen molar-refractivity contribution in [2.75, 3.05) is 0 Å². The third-order valence-corrected chi connectivity index (χ3v) is 1.90. The lowest BCUT2D eigenvalue weighted by Gasteiger charge is -2.11. The van der Waals surface area contributed by atoms with Gasteiger partial charge in [-0.3, -0.25) is 4.98 Å². The molecule has 0 unspecified atom stereocenters. The van der Waals surface area contributed by atoms with Crippen LogP contribution in [0.25, 0.3) is 0 Å². The second kappa shape index (κ2) is 4.53. The van der Waals surface area contributed by atoms with Gasteiger partial charge >= 0.3 is 5.97 Å². The van der Waals surface area contributed by atoms with Crippen molar-refractivity contribution in [1.29, 1.82) is 0 Å². The largest absolute Gasteiger partial charge is 0.478 e. The number of hydrogen-bond acceptors (Lipinski definition) is 3. The van der Waals surface area contributed by atoms with Gasteiger partial charge in [-0.25, -0.2) is 4.79 Å². The van der Waals surface area contributed by atoms with Crippen molar-refractivity contribution in [3.05, 3.63) is 42.2 Å². The van der Waals surface area contributed by atoms with Crippen molar-refractivity contribution in [2.24, 2.45) is 5.73 Å². The van der Waals surface area contributed by atoms with E-state index < -0.39 is 5.97 Å². The van der Waals surface area contributed by atoms with Gasteiger partial charge < -0.3 is 10.8 Å². The minimum atomic E-state index is -0.984. The van der Waals surface area contributed by atoms with Gasteiger partial charge in [-0.1, -0.05) is 6.08 Å². The quantitative estimate of drug-likeness (QED) is 0.706. The Labute approximate surface area is 82.1 Å². The van der Waals surface area contributed by atoms with Crippen LogP contribution in [0.4, 0.5) is 0 Å². The van der Waals surface area contributed by atoms with E-state index in [1.165, 1.54) is 18.5 Å². The van der Waals surface area contributed by atoms with E-state index in [-0.39, 0.29) is 11.6 Å². The molecule has 4 heteroatoms. The fourth-order valence-corrected chi connectivity index (χ4v) is 1.20. The zero-order valence-electron chi connectivity index (χ0n) is 7.68. The third-order valence-electron chi connectivity index (χ3n) is 1.90. The van der Waals surface area contributed by atoms with Crippen LogP contribution in [0.15, 0.2) is 31.1 Å². The molecule has 14 heavy (non-hydrogen) atoms. The first-order valence-electron chi connectivity index (χ1n) is 4.20. The first kappa shape index (κ1) is 10.4. The zero-order chi connectivity index (χ0) is 10.6. The highest BCUT2D eigenvalue weighted by Gasteiger charge is 2.14. The number of hydrogen-bond donors (Lipinski definition) is 2. The van der Waals surface area contributed by atoms with Crippen LogP contribution in [0, 0.1) is 0 Å². The standard InChI is InChI=1S/C10H12N2O2/c1-2-3-9(11)8-6-12-5-4-7(8)10(13)14/h2,4-6,9H,1,3,11H2,(H,13,14)/t9-/m1/s1. The Morgan fingerprint density at radius 2 is 2.50 bits per heavy atom. The molecular weight excluding hydrogens is 180 g/mol. The number of pyridine rings is 1. The number of carboxylic acid groups (broad SMARTS) is 1. The Morgan fingerprint density at radius 3 is 3.07 bits per heavy atom. The van der Waals surface area contributed by atoms with Crippen LogP contribution in [0.1, 0.15) is 28.4 Å². The van der Waals surface area contributed by atoms with Crippen LogP contribution in [-0.4, -0.2) is 16.1 Å². The fourth-order valence-electron chi connectivity index (χ4n) is 1.20. The van der Waals surface area contributed by atoms with Crippen molar-refractivity contribution in [2.45, 2.75) is 12.5 Å². The van der Waals surface area contributed by atoms with Gasteiger partial charge in [0.2, 0.25) is 0 Å². The van der Waals surface area contributed by atoms with Gasteiger partial charge in [0.15, 0.2) is 0 Å². The van der Waals surface area contributed by atoms with E-state index in [1.54, 1.807) is 6.08 Å². The molecule has 0 bridgehead atoms. The molecule has 0 aliphatic rings. The maximum absolute atomic E-state index is 10.8. The Morgan fingerprint density at radius 1 is 1.79 bits per heavy atom. The fraction of sp³-hybridized carbons (Fsp3) is 0.200. The third kappa shape index (κ3) is 2.17. The molecule has 3 N–H and O–H groups in total. The Hall–Kier alpha value is -1.68. The van der Waals surface area contributed by atoms with Crippen molar-refractivity contribution in [3.63, 3.8) is 0 Å². The summed E-state index contributed by atoms with van der Waals surface area (Å²) in [5.41, 5.74) is 6.51. The van der Waals surface area contributed by atoms with Crippen LogP contribution in [0.3, 0.4) is 0 Å². The van der Waals surface area contributed by atoms with E-state index in [1.807, 2.05) is 0 Å². The SMILES string of the molecule is C=CC[C@@H](N)c1cnccc1C(=O)O. The van der Waals surface area contributed by atoms with E-state index in [0.717, 1.165) is 0 Å². The van der Waals surface area contributed by atoms with Gasteiger partial charge in [0.1, 0.15) is 0 Å². The van der Waals surface area contributed by atoms with Crippen LogP contribution < -0.4 is 5.73 Å². The molecule has 0 saturated heterocycles. The summed E-state index contributed by atoms with van der Waals surface area (Å²) in [4.78, 5) is 14.7. The number of carbonyl (C=O) groups is 1. The molecule has 74 valence electrons. The number of aromatic carboxylic acids is 1. The van der Waals surface area contributed by atoms with Gasteiger partial charge in [-0.2, -0.15) is 0 Å². The second-order valence-corrected chi connectivity index (χ2v) is 2.90. The van der Waals surface area contributed by atoms with Crippen molar-refractivity contribution < 1.29 is 9.90 Å². The monoisotopic (exact) mass is 192 g/mol. The molecule has 0 amide bonds. The van der Waals surface area contributed by atoms with Gasteiger partial charge in [0, 0.05) is 24.0 Å². The topological polar surface area (TPSA) is 76.2 Å². The molecule has 0 spiro atoms. The van der Waals surface area contributed by atoms with Crippen LogP contribution >= 0.6 is 0 Å². The Bertz CT molecular complexity index is 350. The minimum Gasteiger partial charge on any atom is -0.478 e. The maximum atomic E-state index is 10.8. The second-order valence-electron chi connectivity index (χ2n) is 2.90. The highest BCUT2D eigenvalue weighted by Crippen LogP contribution is 2.17. The molecule has 0 aromatic carbocycles. The predicted octanol–water partition coefficient (Wildman–Crippen LogP) is 1.36. The van der Waals surface area contributed by atoms with Gasteiger partial charge in [-0.05, 0) is 12.5 Å². The summed E-state index contributed by atoms with van der Waals surface area (Å²) < 4.78 is 0. The minimum absolute atomic E-state index is 0.203. The lowest BCUT2D eigenvalue weighted by atomic mass is 10.0. The molecular formula is C10H12N2O2. The van der Waals surface area contributed by atoms with E-state index in [2.05, 4.69) is 11.6 Å². The molecule has 1 rings (SSSR count). The van der Waals surface area contributed by atoms with E-state index >= 15 is 0 Å². The van der Waals surface area contributed by atoms with Crippen LogP contribution in [0.5, 0.6) is 0 Å². The van der Waals surface area contributed by atoms with Crippen molar-refractivity contribution >= 4 is 5.97 Å². The molecule has 0 saturated carbocycles. The predicted molar refractivity (Wildman–Crippen MR) is 52.9 cm³/mol. The number of nitrogens with zero attached hydrogens (tertiary/aromatic N) is 1. The summed E-state index contributed by atoms with van der Waals surface area (Å²) in [7, 11) is 0. The van der Waals surface area contributed by atoms with E-state index in [9.17, 15) is 4.79 Å². The molecule has 1 heterocycles. The van der Waals surface area contributed by atoms with Crippen molar-refractivity contribution in [3.8, 4) is 0 Å². The summed E-state index contributed by atoms with van der Waals surface area (Å²) in [5.74, 6) is -0.984. The maximum Gasteiger partial charge on any atom is 0.336 e. The summed E-state index contributed by atoms with van der Waals surface area (Å²) in [6.45, 7) is 3.55. The Kier molecular flexibility index (Phi) is 3.36. The summed E-state index contributed by atoms with van der Waals surface area (Å²) >= 11 is 0. The number of rotatable bonds is 4. The molecule has 0 aliphatic heterocycles. The summed E-state index contributed by atoms with van der Waals surface area (Å²) in [6.07, 6.45) is 5.11. The van der Waals surface area contributed by atoms with Crippen molar-refractivity contribution in [1.82, 2.24) is 4.98 Å². The lowest BCUT2D eigenvalue weighted by molar-refractivity contribution is 0.0695. The highest BCUT2D eigenvalue weighted by molar-refractivity contribution is 5.89. The lowest BCUT2D eigenvalue weighted by Crippen LogP contribution is -2.14. The van der Waals surface area contributed by atoms with Gasteiger partial charge in [0.25, 0.3) is 0 Å². The van der Waals surface area contributed by atoms with Crippen LogP contribution in [-0.2, 0) is 0 Å². The zero-order valence-corrected chi connectivity index (χ0v) is 7.68. The number of aromatic nitrogens is 1. The average Bonchev–Trinajstić information content (AvgIpc) is 2.18. The molecule has 0 aliphatic carbocycles. The molecule has 1 aromatic heterocycles. The number of nitrogens with two attached hydrogens (primary N) is 1. The smallest absolute Gasteiger partial charge is 0.336 e. The van der Waals surface area contributed by atoms with E-state index in [4.69, 9.17) is 10.8 Å². The molecule has 4 nitrogen and oxygen atoms in total.